The lowest BCUT2D eigenvalue weighted by Gasteiger charge is -2.28. The maximum Gasteiger partial charge on any atom is 0.123 e. The molecule has 1 N–H and O–H groups in total. The van der Waals surface area contributed by atoms with E-state index in [1.165, 1.54) is 36.4 Å². The van der Waals surface area contributed by atoms with E-state index in [0.29, 0.717) is 17.5 Å². The summed E-state index contributed by atoms with van der Waals surface area (Å²) in [7, 11) is 0. The third-order valence-corrected chi connectivity index (χ3v) is 3.14. The number of halogens is 2. The van der Waals surface area contributed by atoms with Crippen LogP contribution in [0.25, 0.3) is 0 Å². The van der Waals surface area contributed by atoms with Gasteiger partial charge in [0.15, 0.2) is 0 Å². The largest absolute Gasteiger partial charge is 0.380 e. The van der Waals surface area contributed by atoms with Gasteiger partial charge in [-0.25, -0.2) is 8.78 Å². The number of hydrogen-bond acceptors (Lipinski definition) is 1. The van der Waals surface area contributed by atoms with E-state index in [1.807, 2.05) is 0 Å². The Labute approximate surface area is 105 Å². The minimum absolute atomic E-state index is 0.364. The number of aliphatic hydroxyl groups is 1. The van der Waals surface area contributed by atoms with E-state index in [-0.39, 0.29) is 5.82 Å². The monoisotopic (exact) mass is 248 g/mol. The molecule has 3 heteroatoms. The summed E-state index contributed by atoms with van der Waals surface area (Å²) in [6, 6.07) is 11.4. The van der Waals surface area contributed by atoms with Crippen molar-refractivity contribution < 1.29 is 13.9 Å². The summed E-state index contributed by atoms with van der Waals surface area (Å²) in [5.74, 6) is -0.766. The van der Waals surface area contributed by atoms with E-state index in [4.69, 9.17) is 0 Å². The van der Waals surface area contributed by atoms with Gasteiger partial charge in [0, 0.05) is 0 Å². The fourth-order valence-corrected chi connectivity index (χ4v) is 2.05. The van der Waals surface area contributed by atoms with Crippen LogP contribution in [0.15, 0.2) is 48.5 Å². The van der Waals surface area contributed by atoms with Crippen LogP contribution in [0, 0.1) is 11.6 Å². The fraction of sp³-hybridized carbons (Fsp3) is 0.200. The Hall–Kier alpha value is -1.74. The molecule has 2 rings (SSSR count). The highest BCUT2D eigenvalue weighted by molar-refractivity contribution is 5.36. The lowest BCUT2D eigenvalue weighted by atomic mass is 9.84. The fourth-order valence-electron chi connectivity index (χ4n) is 2.05. The van der Waals surface area contributed by atoms with Gasteiger partial charge in [-0.05, 0) is 41.8 Å². The molecule has 0 fully saturated rings. The lowest BCUT2D eigenvalue weighted by Crippen LogP contribution is -2.26. The van der Waals surface area contributed by atoms with Gasteiger partial charge in [0.1, 0.15) is 17.2 Å². The normalized spacial score (nSPS) is 14.2. The Kier molecular flexibility index (Phi) is 3.43. The van der Waals surface area contributed by atoms with Crippen molar-refractivity contribution in [2.45, 2.75) is 18.9 Å². The molecule has 0 aromatic heterocycles. The Morgan fingerprint density at radius 3 is 2.17 bits per heavy atom. The molecule has 0 radical (unpaired) electrons. The molecule has 0 amide bonds. The molecule has 1 unspecified atom stereocenters. The third-order valence-electron chi connectivity index (χ3n) is 3.14. The van der Waals surface area contributed by atoms with Crippen LogP contribution in [0.3, 0.4) is 0 Å². The Morgan fingerprint density at radius 1 is 0.944 bits per heavy atom. The Balaban J connectivity index is 2.51. The molecule has 0 saturated heterocycles. The van der Waals surface area contributed by atoms with Crippen LogP contribution in [0.4, 0.5) is 8.78 Å². The zero-order chi connectivity index (χ0) is 13.2. The molecular formula is C15H14F2O. The highest BCUT2D eigenvalue weighted by Gasteiger charge is 2.29. The van der Waals surface area contributed by atoms with Gasteiger partial charge in [0.2, 0.25) is 0 Å². The van der Waals surface area contributed by atoms with Crippen molar-refractivity contribution in [3.05, 3.63) is 71.3 Å². The zero-order valence-electron chi connectivity index (χ0n) is 10.0. The molecule has 0 aliphatic rings. The lowest BCUT2D eigenvalue weighted by molar-refractivity contribution is 0.0761. The second kappa shape index (κ2) is 4.86. The van der Waals surface area contributed by atoms with Crippen LogP contribution < -0.4 is 0 Å². The maximum absolute atomic E-state index is 13.2. The van der Waals surface area contributed by atoms with Gasteiger partial charge in [0.05, 0.1) is 0 Å². The van der Waals surface area contributed by atoms with Crippen LogP contribution in [-0.4, -0.2) is 5.11 Å². The van der Waals surface area contributed by atoms with Crippen LogP contribution >= 0.6 is 0 Å². The van der Waals surface area contributed by atoms with Gasteiger partial charge >= 0.3 is 0 Å². The second-order valence-electron chi connectivity index (χ2n) is 4.23. The van der Waals surface area contributed by atoms with Crippen molar-refractivity contribution in [2.24, 2.45) is 0 Å². The predicted octanol–water partition coefficient (Wildman–Crippen LogP) is 3.61. The van der Waals surface area contributed by atoms with Crippen LogP contribution in [0.5, 0.6) is 0 Å². The van der Waals surface area contributed by atoms with E-state index >= 15 is 0 Å². The average molecular weight is 248 g/mol. The molecule has 0 saturated carbocycles. The summed E-state index contributed by atoms with van der Waals surface area (Å²) in [6.07, 6.45) is 0.377. The highest BCUT2D eigenvalue weighted by atomic mass is 19.1. The SMILES string of the molecule is CCC(O)(c1ccc(F)cc1)c1cccc(F)c1. The van der Waals surface area contributed by atoms with Crippen molar-refractivity contribution in [3.63, 3.8) is 0 Å². The summed E-state index contributed by atoms with van der Waals surface area (Å²) >= 11 is 0. The Morgan fingerprint density at radius 2 is 1.61 bits per heavy atom. The standard InChI is InChI=1S/C15H14F2O/c1-2-15(18,11-6-8-13(16)9-7-11)12-4-3-5-14(17)10-12/h3-10,18H,2H2,1H3. The molecule has 0 bridgehead atoms. The molecule has 0 aliphatic carbocycles. The smallest absolute Gasteiger partial charge is 0.123 e. The first-order chi connectivity index (χ1) is 8.56. The number of hydrogen-bond donors (Lipinski definition) is 1. The molecule has 18 heavy (non-hydrogen) atoms. The summed E-state index contributed by atoms with van der Waals surface area (Å²) in [4.78, 5) is 0. The molecular weight excluding hydrogens is 234 g/mol. The van der Waals surface area contributed by atoms with Gasteiger partial charge in [-0.3, -0.25) is 0 Å². The molecule has 1 atom stereocenters. The summed E-state index contributed by atoms with van der Waals surface area (Å²) in [6.45, 7) is 1.80. The van der Waals surface area contributed by atoms with Gasteiger partial charge in [-0.2, -0.15) is 0 Å². The van der Waals surface area contributed by atoms with Gasteiger partial charge in [-0.15, -0.1) is 0 Å². The van der Waals surface area contributed by atoms with Gasteiger partial charge in [0.25, 0.3) is 0 Å². The first-order valence-electron chi connectivity index (χ1n) is 5.80. The van der Waals surface area contributed by atoms with Gasteiger partial charge in [-0.1, -0.05) is 31.2 Å². The predicted molar refractivity (Wildman–Crippen MR) is 66.1 cm³/mol. The van der Waals surface area contributed by atoms with Crippen LogP contribution in [0.1, 0.15) is 24.5 Å². The number of benzene rings is 2. The van der Waals surface area contributed by atoms with E-state index in [1.54, 1.807) is 19.1 Å². The van der Waals surface area contributed by atoms with Crippen molar-refractivity contribution in [2.75, 3.05) is 0 Å². The highest BCUT2D eigenvalue weighted by Crippen LogP contribution is 2.33. The summed E-state index contributed by atoms with van der Waals surface area (Å²) < 4.78 is 26.1. The quantitative estimate of drug-likeness (QED) is 0.879. The molecule has 0 aliphatic heterocycles. The average Bonchev–Trinajstić information content (AvgIpc) is 2.38. The topological polar surface area (TPSA) is 20.2 Å². The summed E-state index contributed by atoms with van der Waals surface area (Å²) in [5, 5.41) is 10.7. The Bertz CT molecular complexity index is 536. The maximum atomic E-state index is 13.2. The van der Waals surface area contributed by atoms with E-state index in [0.717, 1.165) is 0 Å². The third kappa shape index (κ3) is 2.27. The van der Waals surface area contributed by atoms with E-state index in [2.05, 4.69) is 0 Å². The molecule has 1 nitrogen and oxygen atoms in total. The first-order valence-corrected chi connectivity index (χ1v) is 5.80. The second-order valence-corrected chi connectivity index (χ2v) is 4.23. The van der Waals surface area contributed by atoms with E-state index < -0.39 is 11.4 Å². The zero-order valence-corrected chi connectivity index (χ0v) is 10.0. The van der Waals surface area contributed by atoms with E-state index in [9.17, 15) is 13.9 Å². The molecule has 94 valence electrons. The minimum atomic E-state index is -1.30. The van der Waals surface area contributed by atoms with Gasteiger partial charge < -0.3 is 5.11 Å². The first kappa shape index (κ1) is 12.7. The minimum Gasteiger partial charge on any atom is -0.380 e. The van der Waals surface area contributed by atoms with Crippen molar-refractivity contribution in [3.8, 4) is 0 Å². The summed E-state index contributed by atoms with van der Waals surface area (Å²) in [5.41, 5.74) is -0.274. The van der Waals surface area contributed by atoms with Crippen molar-refractivity contribution in [1.82, 2.24) is 0 Å². The number of rotatable bonds is 3. The molecule has 0 heterocycles. The molecule has 2 aromatic carbocycles. The van der Waals surface area contributed by atoms with Crippen LogP contribution in [-0.2, 0) is 5.60 Å². The van der Waals surface area contributed by atoms with Crippen molar-refractivity contribution >= 4 is 0 Å². The van der Waals surface area contributed by atoms with Crippen molar-refractivity contribution in [1.29, 1.82) is 0 Å². The molecule has 0 spiro atoms. The molecule has 2 aromatic rings. The van der Waals surface area contributed by atoms with Crippen LogP contribution in [0.2, 0.25) is 0 Å².